The second kappa shape index (κ2) is 8.99. The summed E-state index contributed by atoms with van der Waals surface area (Å²) in [5, 5.41) is 0. The summed E-state index contributed by atoms with van der Waals surface area (Å²) in [4.78, 5) is 35.9. The average molecular weight is 433 g/mol. The third kappa shape index (κ3) is 5.45. The van der Waals surface area contributed by atoms with E-state index in [2.05, 4.69) is 12.7 Å². The fourth-order valence-electron chi connectivity index (χ4n) is 4.68. The number of hydrogen-bond acceptors (Lipinski definition) is 7. The first-order valence-corrected chi connectivity index (χ1v) is 10.7. The van der Waals surface area contributed by atoms with E-state index in [0.717, 1.165) is 24.0 Å². The van der Waals surface area contributed by atoms with Crippen molar-refractivity contribution in [1.82, 2.24) is 0 Å². The maximum atomic E-state index is 12.4. The molecule has 0 aromatic carbocycles. The van der Waals surface area contributed by atoms with Gasteiger partial charge < -0.3 is 18.9 Å². The van der Waals surface area contributed by atoms with E-state index < -0.39 is 41.8 Å². The first-order valence-electron chi connectivity index (χ1n) is 10.7. The zero-order valence-corrected chi connectivity index (χ0v) is 18.9. The van der Waals surface area contributed by atoms with Crippen molar-refractivity contribution in [3.8, 4) is 0 Å². The third-order valence-electron chi connectivity index (χ3n) is 6.19. The van der Waals surface area contributed by atoms with Crippen LogP contribution in [0.15, 0.2) is 35.5 Å². The number of epoxide rings is 1. The summed E-state index contributed by atoms with van der Waals surface area (Å²) in [6, 6.07) is 0. The van der Waals surface area contributed by atoms with Gasteiger partial charge in [0.2, 0.25) is 0 Å². The van der Waals surface area contributed by atoms with Gasteiger partial charge in [-0.1, -0.05) is 23.8 Å². The number of rotatable bonds is 2. The van der Waals surface area contributed by atoms with Crippen LogP contribution in [-0.2, 0) is 33.3 Å². The van der Waals surface area contributed by atoms with E-state index in [0.29, 0.717) is 18.4 Å². The topological polar surface area (TPSA) is 91.4 Å². The van der Waals surface area contributed by atoms with Crippen molar-refractivity contribution in [2.24, 2.45) is 5.92 Å². The molecule has 170 valence electrons. The Hall–Kier alpha value is -2.41. The Morgan fingerprint density at radius 3 is 2.45 bits per heavy atom. The molecule has 2 saturated heterocycles. The minimum absolute atomic E-state index is 0.270. The minimum Gasteiger partial charge on any atom is -0.461 e. The summed E-state index contributed by atoms with van der Waals surface area (Å²) in [5.41, 5.74) is 1.87. The molecule has 2 heterocycles. The highest BCUT2D eigenvalue weighted by Gasteiger charge is 2.63. The quantitative estimate of drug-likeness (QED) is 0.217. The smallest absolute Gasteiger partial charge is 0.334 e. The molecule has 2 fully saturated rings. The van der Waals surface area contributed by atoms with Crippen molar-refractivity contribution in [1.29, 1.82) is 0 Å². The van der Waals surface area contributed by atoms with E-state index in [4.69, 9.17) is 18.9 Å². The van der Waals surface area contributed by atoms with Gasteiger partial charge in [0.15, 0.2) is 0 Å². The molecule has 7 nitrogen and oxygen atoms in total. The molecule has 31 heavy (non-hydrogen) atoms. The molecule has 0 saturated carbocycles. The van der Waals surface area contributed by atoms with Gasteiger partial charge in [-0.3, -0.25) is 9.59 Å². The van der Waals surface area contributed by atoms with E-state index in [1.165, 1.54) is 13.8 Å². The molecule has 6 atom stereocenters. The lowest BCUT2D eigenvalue weighted by molar-refractivity contribution is -0.150. The Morgan fingerprint density at radius 1 is 1.13 bits per heavy atom. The number of esters is 3. The van der Waals surface area contributed by atoms with Crippen molar-refractivity contribution in [2.75, 3.05) is 0 Å². The van der Waals surface area contributed by atoms with Crippen LogP contribution in [0.3, 0.4) is 0 Å². The first kappa shape index (κ1) is 23.3. The van der Waals surface area contributed by atoms with Crippen LogP contribution in [0.25, 0.3) is 0 Å². The van der Waals surface area contributed by atoms with Crippen molar-refractivity contribution in [3.63, 3.8) is 0 Å². The zero-order valence-electron chi connectivity index (χ0n) is 18.9. The Morgan fingerprint density at radius 2 is 1.81 bits per heavy atom. The number of allylic oxidation sites excluding steroid dienone is 1. The SMILES string of the molecule is C=C1C(=O)OC2C1[C@@H](OC(C)=O)C/C(C)=C/[C@@H](OC(C)=O)C/C(C)=C/CC[C@@]1(C)OC21. The average Bonchev–Trinajstić information content (AvgIpc) is 3.20. The standard InChI is InChI=1S/C24H32O7/c1-13-8-7-9-24(6)22(31-24)21-20(15(3)23(27)30-21)19(29-17(5)26)12-14(2)11-18(10-13)28-16(4)25/h8,11,18-22H,3,7,9-10,12H2,1-2,4-6H3/b13-8+,14-11+/t18-,19-,20?,21?,22?,24+/m0/s1. The van der Waals surface area contributed by atoms with Gasteiger partial charge in [0, 0.05) is 32.3 Å². The fraction of sp³-hybridized carbons (Fsp3) is 0.625. The molecule has 2 aliphatic heterocycles. The molecule has 0 spiro atoms. The summed E-state index contributed by atoms with van der Waals surface area (Å²) in [7, 11) is 0. The molecule has 0 radical (unpaired) electrons. The van der Waals surface area contributed by atoms with Crippen LogP contribution in [0.1, 0.15) is 60.3 Å². The van der Waals surface area contributed by atoms with E-state index in [-0.39, 0.29) is 12.1 Å². The number of hydrogen-bond donors (Lipinski definition) is 0. The van der Waals surface area contributed by atoms with Crippen LogP contribution < -0.4 is 0 Å². The highest BCUT2D eigenvalue weighted by atomic mass is 16.6. The molecule has 0 bridgehead atoms. The zero-order chi connectivity index (χ0) is 22.9. The van der Waals surface area contributed by atoms with Crippen LogP contribution >= 0.6 is 0 Å². The summed E-state index contributed by atoms with van der Waals surface area (Å²) in [6.45, 7) is 12.6. The van der Waals surface area contributed by atoms with Crippen LogP contribution in [-0.4, -0.2) is 47.9 Å². The molecule has 7 heteroatoms. The largest absolute Gasteiger partial charge is 0.461 e. The molecule has 3 aliphatic rings. The van der Waals surface area contributed by atoms with E-state index in [1.54, 1.807) is 0 Å². The van der Waals surface area contributed by atoms with Crippen LogP contribution in [0.5, 0.6) is 0 Å². The maximum Gasteiger partial charge on any atom is 0.334 e. The summed E-state index contributed by atoms with van der Waals surface area (Å²) in [5.74, 6) is -1.78. The summed E-state index contributed by atoms with van der Waals surface area (Å²) in [6.07, 6.45) is 4.62. The predicted octanol–water partition coefficient (Wildman–Crippen LogP) is 3.57. The number of fused-ring (bicyclic) bond motifs is 3. The van der Waals surface area contributed by atoms with Crippen molar-refractivity contribution < 1.29 is 33.3 Å². The molecule has 3 rings (SSSR count). The van der Waals surface area contributed by atoms with E-state index in [9.17, 15) is 14.4 Å². The molecule has 0 aromatic heterocycles. The van der Waals surface area contributed by atoms with Gasteiger partial charge in [-0.2, -0.15) is 0 Å². The first-order chi connectivity index (χ1) is 14.5. The second-order valence-electron chi connectivity index (χ2n) is 9.08. The number of ether oxygens (including phenoxy) is 4. The molecule has 3 unspecified atom stereocenters. The van der Waals surface area contributed by atoms with Gasteiger partial charge in [-0.25, -0.2) is 4.79 Å². The normalized spacial score (nSPS) is 39.5. The molecule has 1 aliphatic carbocycles. The minimum atomic E-state index is -0.635. The maximum absolute atomic E-state index is 12.4. The lowest BCUT2D eigenvalue weighted by Gasteiger charge is -2.27. The van der Waals surface area contributed by atoms with Gasteiger partial charge in [0.05, 0.1) is 11.5 Å². The Balaban J connectivity index is 1.98. The van der Waals surface area contributed by atoms with Crippen molar-refractivity contribution >= 4 is 17.9 Å². The molecule has 0 aromatic rings. The Labute approximate surface area is 183 Å². The lowest BCUT2D eigenvalue weighted by atomic mass is 9.83. The molecule has 0 amide bonds. The van der Waals surface area contributed by atoms with Gasteiger partial charge in [-0.15, -0.1) is 0 Å². The fourth-order valence-corrected chi connectivity index (χ4v) is 4.68. The monoisotopic (exact) mass is 432 g/mol. The van der Waals surface area contributed by atoms with E-state index >= 15 is 0 Å². The van der Waals surface area contributed by atoms with Crippen LogP contribution in [0.2, 0.25) is 0 Å². The third-order valence-corrected chi connectivity index (χ3v) is 6.19. The highest BCUT2D eigenvalue weighted by molar-refractivity contribution is 5.91. The van der Waals surface area contributed by atoms with Gasteiger partial charge in [-0.05, 0) is 39.7 Å². The van der Waals surface area contributed by atoms with Crippen LogP contribution in [0.4, 0.5) is 0 Å². The molecular formula is C24H32O7. The predicted molar refractivity (Wildman–Crippen MR) is 113 cm³/mol. The molecule has 0 N–H and O–H groups in total. The van der Waals surface area contributed by atoms with Crippen LogP contribution in [0, 0.1) is 5.92 Å². The number of carbonyl (C=O) groups excluding carboxylic acids is 3. The molecular weight excluding hydrogens is 400 g/mol. The van der Waals surface area contributed by atoms with Gasteiger partial charge in [0.1, 0.15) is 24.4 Å². The Kier molecular flexibility index (Phi) is 6.74. The Bertz CT molecular complexity index is 839. The van der Waals surface area contributed by atoms with Crippen molar-refractivity contribution in [3.05, 3.63) is 35.5 Å². The summed E-state index contributed by atoms with van der Waals surface area (Å²) < 4.78 is 22.8. The number of carbonyl (C=O) groups is 3. The second-order valence-corrected chi connectivity index (χ2v) is 9.08. The van der Waals surface area contributed by atoms with Gasteiger partial charge >= 0.3 is 17.9 Å². The lowest BCUT2D eigenvalue weighted by Crippen LogP contribution is -2.38. The van der Waals surface area contributed by atoms with Gasteiger partial charge in [0.25, 0.3) is 0 Å². The van der Waals surface area contributed by atoms with Crippen molar-refractivity contribution in [2.45, 2.75) is 90.3 Å². The highest BCUT2D eigenvalue weighted by Crippen LogP contribution is 2.49. The van der Waals surface area contributed by atoms with E-state index in [1.807, 2.05) is 26.8 Å². The summed E-state index contributed by atoms with van der Waals surface area (Å²) >= 11 is 0.